The van der Waals surface area contributed by atoms with Gasteiger partial charge in [0.15, 0.2) is 0 Å². The third-order valence-corrected chi connectivity index (χ3v) is 3.82. The van der Waals surface area contributed by atoms with Crippen LogP contribution >= 0.6 is 0 Å². The number of hydrogen-bond donors (Lipinski definition) is 1. The Balaban J connectivity index is 2.08. The standard InChI is InChI=1S/C19H25NO/c1-4-18(19(20)16-8-6-5-7-9-16)21-17-12-10-15(11-13-17)14(2)3/h5-14,18-19H,4,20H2,1-3H3. The maximum absolute atomic E-state index is 6.35. The molecular weight excluding hydrogens is 258 g/mol. The fourth-order valence-electron chi connectivity index (χ4n) is 2.41. The van der Waals surface area contributed by atoms with Gasteiger partial charge in [0.2, 0.25) is 0 Å². The van der Waals surface area contributed by atoms with Crippen LogP contribution in [0.1, 0.15) is 50.3 Å². The Labute approximate surface area is 127 Å². The van der Waals surface area contributed by atoms with Crippen LogP contribution in [0.4, 0.5) is 0 Å². The van der Waals surface area contributed by atoms with Gasteiger partial charge in [-0.05, 0) is 35.6 Å². The molecule has 0 saturated carbocycles. The van der Waals surface area contributed by atoms with Gasteiger partial charge in [-0.1, -0.05) is 63.2 Å². The molecular formula is C19H25NO. The van der Waals surface area contributed by atoms with Crippen molar-refractivity contribution in [3.8, 4) is 5.75 Å². The van der Waals surface area contributed by atoms with Crippen molar-refractivity contribution in [2.45, 2.75) is 45.3 Å². The van der Waals surface area contributed by atoms with Crippen LogP contribution in [0, 0.1) is 0 Å². The molecule has 0 aliphatic carbocycles. The second-order valence-corrected chi connectivity index (χ2v) is 5.72. The lowest BCUT2D eigenvalue weighted by Crippen LogP contribution is -2.30. The number of ether oxygens (including phenoxy) is 1. The van der Waals surface area contributed by atoms with Crippen LogP contribution in [0.15, 0.2) is 54.6 Å². The molecule has 2 nitrogen and oxygen atoms in total. The van der Waals surface area contributed by atoms with Crippen molar-refractivity contribution in [2.24, 2.45) is 5.73 Å². The highest BCUT2D eigenvalue weighted by Crippen LogP contribution is 2.24. The average Bonchev–Trinajstić information content (AvgIpc) is 2.53. The summed E-state index contributed by atoms with van der Waals surface area (Å²) >= 11 is 0. The minimum absolute atomic E-state index is 0.0164. The second-order valence-electron chi connectivity index (χ2n) is 5.72. The van der Waals surface area contributed by atoms with Gasteiger partial charge in [-0.2, -0.15) is 0 Å². The monoisotopic (exact) mass is 283 g/mol. The first kappa shape index (κ1) is 15.6. The van der Waals surface area contributed by atoms with E-state index in [1.807, 2.05) is 30.3 Å². The summed E-state index contributed by atoms with van der Waals surface area (Å²) in [6, 6.07) is 18.4. The van der Waals surface area contributed by atoms with E-state index in [0.717, 1.165) is 17.7 Å². The third-order valence-electron chi connectivity index (χ3n) is 3.82. The lowest BCUT2D eigenvalue weighted by atomic mass is 10.0. The van der Waals surface area contributed by atoms with Crippen LogP contribution in [0.3, 0.4) is 0 Å². The van der Waals surface area contributed by atoms with Crippen LogP contribution in [-0.2, 0) is 0 Å². The summed E-state index contributed by atoms with van der Waals surface area (Å²) in [6.45, 7) is 6.49. The van der Waals surface area contributed by atoms with Gasteiger partial charge in [-0.15, -0.1) is 0 Å². The molecule has 2 rings (SSSR count). The van der Waals surface area contributed by atoms with Crippen molar-refractivity contribution < 1.29 is 4.74 Å². The van der Waals surface area contributed by atoms with E-state index in [-0.39, 0.29) is 12.1 Å². The van der Waals surface area contributed by atoms with Crippen LogP contribution in [-0.4, -0.2) is 6.10 Å². The predicted octanol–water partition coefficient (Wildman–Crippen LogP) is 4.67. The van der Waals surface area contributed by atoms with Gasteiger partial charge in [0, 0.05) is 0 Å². The summed E-state index contributed by atoms with van der Waals surface area (Å²) < 4.78 is 6.09. The molecule has 2 aromatic carbocycles. The lowest BCUT2D eigenvalue weighted by molar-refractivity contribution is 0.167. The molecule has 0 radical (unpaired) electrons. The van der Waals surface area contributed by atoms with Crippen LogP contribution in [0.2, 0.25) is 0 Å². The Bertz CT molecular complexity index is 533. The van der Waals surface area contributed by atoms with Crippen molar-refractivity contribution in [1.29, 1.82) is 0 Å². The normalized spacial score (nSPS) is 14.0. The van der Waals surface area contributed by atoms with Crippen LogP contribution < -0.4 is 10.5 Å². The summed E-state index contributed by atoms with van der Waals surface area (Å²) in [5, 5.41) is 0. The molecule has 21 heavy (non-hydrogen) atoms. The molecule has 0 fully saturated rings. The quantitative estimate of drug-likeness (QED) is 0.836. The number of nitrogens with two attached hydrogens (primary N) is 1. The highest BCUT2D eigenvalue weighted by molar-refractivity contribution is 5.29. The van der Waals surface area contributed by atoms with Crippen molar-refractivity contribution in [1.82, 2.24) is 0 Å². The SMILES string of the molecule is CCC(Oc1ccc(C(C)C)cc1)C(N)c1ccccc1. The minimum Gasteiger partial charge on any atom is -0.488 e. The smallest absolute Gasteiger partial charge is 0.119 e. The molecule has 0 bridgehead atoms. The number of hydrogen-bond acceptors (Lipinski definition) is 2. The van der Waals surface area contributed by atoms with E-state index in [4.69, 9.17) is 10.5 Å². The molecule has 0 aliphatic heterocycles. The average molecular weight is 283 g/mol. The maximum atomic E-state index is 6.35. The molecule has 0 aromatic heterocycles. The Morgan fingerprint density at radius 1 is 0.905 bits per heavy atom. The zero-order valence-corrected chi connectivity index (χ0v) is 13.1. The molecule has 2 unspecified atom stereocenters. The van der Waals surface area contributed by atoms with E-state index in [1.54, 1.807) is 0 Å². The Morgan fingerprint density at radius 2 is 1.52 bits per heavy atom. The summed E-state index contributed by atoms with van der Waals surface area (Å²) in [6.07, 6.45) is 0.861. The largest absolute Gasteiger partial charge is 0.488 e. The van der Waals surface area contributed by atoms with Crippen molar-refractivity contribution in [2.75, 3.05) is 0 Å². The van der Waals surface area contributed by atoms with Crippen LogP contribution in [0.25, 0.3) is 0 Å². The zero-order valence-electron chi connectivity index (χ0n) is 13.1. The van der Waals surface area contributed by atoms with E-state index < -0.39 is 0 Å². The molecule has 0 aliphatic rings. The Morgan fingerprint density at radius 3 is 2.05 bits per heavy atom. The summed E-state index contributed by atoms with van der Waals surface area (Å²) in [4.78, 5) is 0. The van der Waals surface area contributed by atoms with E-state index in [1.165, 1.54) is 5.56 Å². The van der Waals surface area contributed by atoms with Gasteiger partial charge in [-0.25, -0.2) is 0 Å². The lowest BCUT2D eigenvalue weighted by Gasteiger charge is -2.24. The first-order valence-corrected chi connectivity index (χ1v) is 7.69. The van der Waals surface area contributed by atoms with Gasteiger partial charge in [-0.3, -0.25) is 0 Å². The highest BCUT2D eigenvalue weighted by Gasteiger charge is 2.19. The molecule has 2 atom stereocenters. The molecule has 2 N–H and O–H groups in total. The summed E-state index contributed by atoms with van der Waals surface area (Å²) in [5.41, 5.74) is 8.79. The molecule has 0 spiro atoms. The second kappa shape index (κ2) is 7.28. The number of rotatable bonds is 6. The Hall–Kier alpha value is -1.80. The molecule has 2 aromatic rings. The fraction of sp³-hybridized carbons (Fsp3) is 0.368. The van der Waals surface area contributed by atoms with Gasteiger partial charge in [0.05, 0.1) is 6.04 Å². The maximum Gasteiger partial charge on any atom is 0.119 e. The van der Waals surface area contributed by atoms with E-state index in [0.29, 0.717) is 5.92 Å². The Kier molecular flexibility index (Phi) is 5.40. The van der Waals surface area contributed by atoms with Gasteiger partial charge < -0.3 is 10.5 Å². The van der Waals surface area contributed by atoms with Gasteiger partial charge >= 0.3 is 0 Å². The van der Waals surface area contributed by atoms with Crippen molar-refractivity contribution in [3.05, 3.63) is 65.7 Å². The van der Waals surface area contributed by atoms with Gasteiger partial charge in [0.1, 0.15) is 11.9 Å². The van der Waals surface area contributed by atoms with E-state index >= 15 is 0 Å². The van der Waals surface area contributed by atoms with Crippen molar-refractivity contribution >= 4 is 0 Å². The molecule has 0 heterocycles. The fourth-order valence-corrected chi connectivity index (χ4v) is 2.41. The summed E-state index contributed by atoms with van der Waals surface area (Å²) in [5.74, 6) is 1.42. The van der Waals surface area contributed by atoms with Gasteiger partial charge in [0.25, 0.3) is 0 Å². The minimum atomic E-state index is -0.110. The molecule has 112 valence electrons. The number of benzene rings is 2. The third kappa shape index (κ3) is 4.08. The highest BCUT2D eigenvalue weighted by atomic mass is 16.5. The molecule has 0 saturated heterocycles. The topological polar surface area (TPSA) is 35.2 Å². The first-order valence-electron chi connectivity index (χ1n) is 7.69. The summed E-state index contributed by atoms with van der Waals surface area (Å²) in [7, 11) is 0. The van der Waals surface area contributed by atoms with E-state index in [9.17, 15) is 0 Å². The predicted molar refractivity (Wildman–Crippen MR) is 88.6 cm³/mol. The van der Waals surface area contributed by atoms with Crippen LogP contribution in [0.5, 0.6) is 5.75 Å². The van der Waals surface area contributed by atoms with E-state index in [2.05, 4.69) is 45.0 Å². The molecule has 2 heteroatoms. The van der Waals surface area contributed by atoms with Crippen molar-refractivity contribution in [3.63, 3.8) is 0 Å². The zero-order chi connectivity index (χ0) is 15.2. The molecule has 0 amide bonds. The first-order chi connectivity index (χ1) is 10.1.